The first-order valence-corrected chi connectivity index (χ1v) is 11.6. The number of phenols is 1. The summed E-state index contributed by atoms with van der Waals surface area (Å²) in [6.45, 7) is 0. The lowest BCUT2D eigenvalue weighted by Gasteiger charge is -2.35. The van der Waals surface area contributed by atoms with Crippen molar-refractivity contribution in [3.05, 3.63) is 63.1 Å². The average molecular weight is 524 g/mol. The normalized spacial score (nSPS) is 18.3. The van der Waals surface area contributed by atoms with Gasteiger partial charge >= 0.3 is 5.69 Å². The number of Topliss-reactive ketones (excluding diaryl/α,β-unsaturated/α-hetero) is 1. The molecular weight excluding hydrogens is 498 g/mol. The molecule has 5 rings (SSSR count). The zero-order valence-electron chi connectivity index (χ0n) is 21.0. The molecule has 0 unspecified atom stereocenters. The number of rotatable bonds is 7. The third-order valence-electron chi connectivity index (χ3n) is 6.83. The maximum atomic E-state index is 13.7. The summed E-state index contributed by atoms with van der Waals surface area (Å²) in [5.74, 6) is 0.711. The van der Waals surface area contributed by atoms with Crippen molar-refractivity contribution in [1.29, 1.82) is 0 Å². The Hall–Kier alpha value is -4.81. The molecule has 38 heavy (non-hydrogen) atoms. The van der Waals surface area contributed by atoms with E-state index in [4.69, 9.17) is 18.9 Å². The molecule has 0 radical (unpaired) electrons. The summed E-state index contributed by atoms with van der Waals surface area (Å²) < 4.78 is 23.1. The van der Waals surface area contributed by atoms with Crippen molar-refractivity contribution < 1.29 is 33.8 Å². The van der Waals surface area contributed by atoms with Crippen LogP contribution in [0.5, 0.6) is 28.7 Å². The number of nitrogens with one attached hydrogen (secondary N) is 1. The lowest BCUT2D eigenvalue weighted by Crippen LogP contribution is -2.33. The van der Waals surface area contributed by atoms with E-state index in [0.717, 1.165) is 5.56 Å². The summed E-state index contributed by atoms with van der Waals surface area (Å²) >= 11 is 0. The number of anilines is 1. The highest BCUT2D eigenvalue weighted by Gasteiger charge is 2.40. The van der Waals surface area contributed by atoms with Crippen LogP contribution in [0, 0.1) is 10.1 Å². The van der Waals surface area contributed by atoms with Gasteiger partial charge in [-0.3, -0.25) is 14.9 Å². The third kappa shape index (κ3) is 3.92. The maximum Gasteiger partial charge on any atom is 0.315 e. The Morgan fingerprint density at radius 2 is 1.66 bits per heavy atom. The summed E-state index contributed by atoms with van der Waals surface area (Å²) in [7, 11) is 5.87. The number of aromatic nitrogens is 3. The van der Waals surface area contributed by atoms with E-state index >= 15 is 0 Å². The molecular formula is C25H25N5O8. The highest BCUT2D eigenvalue weighted by Crippen LogP contribution is 2.48. The van der Waals surface area contributed by atoms with Crippen molar-refractivity contribution >= 4 is 17.4 Å². The minimum Gasteiger partial charge on any atom is -0.500 e. The Morgan fingerprint density at radius 1 is 1.00 bits per heavy atom. The van der Waals surface area contributed by atoms with Crippen LogP contribution in [0.25, 0.3) is 0 Å². The van der Waals surface area contributed by atoms with Gasteiger partial charge in [0.1, 0.15) is 12.4 Å². The molecule has 2 heterocycles. The van der Waals surface area contributed by atoms with Crippen molar-refractivity contribution in [2.24, 2.45) is 0 Å². The van der Waals surface area contributed by atoms with E-state index in [1.165, 1.54) is 51.6 Å². The molecule has 2 aliphatic rings. The number of phenolic OH excluding ortho intramolecular Hbond substituents is 1. The molecule has 0 bridgehead atoms. The molecule has 2 aromatic carbocycles. The van der Waals surface area contributed by atoms with Crippen LogP contribution in [-0.2, 0) is 4.79 Å². The van der Waals surface area contributed by atoms with E-state index < -0.39 is 22.4 Å². The number of nitrogens with zero attached hydrogens (tertiary/aromatic N) is 4. The van der Waals surface area contributed by atoms with Gasteiger partial charge in [-0.05, 0) is 41.7 Å². The SMILES string of the molecule is COc1cc([C@H]2C3=C(C[C@H](c4cc(OC)c(OC)c(OC)c4)CC3=O)Nc3ncnn32)cc([N+](=O)[O-])c1O. The predicted molar refractivity (Wildman–Crippen MR) is 133 cm³/mol. The molecule has 198 valence electrons. The lowest BCUT2D eigenvalue weighted by atomic mass is 9.77. The smallest absolute Gasteiger partial charge is 0.315 e. The number of nitro benzene ring substituents is 1. The first kappa shape index (κ1) is 24.9. The van der Waals surface area contributed by atoms with Crippen molar-refractivity contribution in [2.75, 3.05) is 33.8 Å². The number of ether oxygens (including phenoxy) is 4. The molecule has 13 heteroatoms. The third-order valence-corrected chi connectivity index (χ3v) is 6.83. The van der Waals surface area contributed by atoms with Crippen LogP contribution in [-0.4, -0.2) is 59.0 Å². The monoisotopic (exact) mass is 523 g/mol. The highest BCUT2D eigenvalue weighted by atomic mass is 16.6. The molecule has 0 amide bonds. The van der Waals surface area contributed by atoms with Gasteiger partial charge < -0.3 is 29.4 Å². The number of hydrogen-bond donors (Lipinski definition) is 2. The Morgan fingerprint density at radius 3 is 2.26 bits per heavy atom. The fourth-order valence-electron chi connectivity index (χ4n) is 5.10. The minimum atomic E-state index is -0.815. The zero-order chi connectivity index (χ0) is 27.1. The zero-order valence-corrected chi connectivity index (χ0v) is 21.0. The quantitative estimate of drug-likeness (QED) is 0.345. The van der Waals surface area contributed by atoms with E-state index in [2.05, 4.69) is 15.4 Å². The number of carbonyl (C=O) groups is 1. The van der Waals surface area contributed by atoms with Crippen LogP contribution < -0.4 is 24.3 Å². The van der Waals surface area contributed by atoms with Gasteiger partial charge in [-0.25, -0.2) is 4.68 Å². The minimum absolute atomic E-state index is 0.0879. The topological polar surface area (TPSA) is 160 Å². The molecule has 3 aromatic rings. The molecule has 0 saturated carbocycles. The van der Waals surface area contributed by atoms with Gasteiger partial charge in [0, 0.05) is 23.8 Å². The second kappa shape index (κ2) is 9.57. The summed E-state index contributed by atoms with van der Waals surface area (Å²) in [5, 5.41) is 29.4. The number of ketones is 1. The number of carbonyl (C=O) groups excluding carboxylic acids is 1. The largest absolute Gasteiger partial charge is 0.500 e. The summed E-state index contributed by atoms with van der Waals surface area (Å²) in [5.41, 5.74) is 1.67. The second-order valence-electron chi connectivity index (χ2n) is 8.78. The Kier molecular flexibility index (Phi) is 6.27. The maximum absolute atomic E-state index is 13.7. The van der Waals surface area contributed by atoms with Gasteiger partial charge in [0.2, 0.25) is 17.4 Å². The van der Waals surface area contributed by atoms with Gasteiger partial charge in [-0.15, -0.1) is 0 Å². The second-order valence-corrected chi connectivity index (χ2v) is 8.78. The number of fused-ring (bicyclic) bond motifs is 1. The fourth-order valence-corrected chi connectivity index (χ4v) is 5.10. The molecule has 1 aromatic heterocycles. The van der Waals surface area contributed by atoms with Crippen LogP contribution in [0.4, 0.5) is 11.6 Å². The van der Waals surface area contributed by atoms with Crippen LogP contribution in [0.2, 0.25) is 0 Å². The van der Waals surface area contributed by atoms with E-state index in [-0.39, 0.29) is 23.9 Å². The molecule has 2 N–H and O–H groups in total. The van der Waals surface area contributed by atoms with Crippen molar-refractivity contribution in [2.45, 2.75) is 24.8 Å². The van der Waals surface area contributed by atoms with Crippen LogP contribution >= 0.6 is 0 Å². The first-order valence-electron chi connectivity index (χ1n) is 11.6. The summed E-state index contributed by atoms with van der Waals surface area (Å²) in [6.07, 6.45) is 1.94. The number of nitro groups is 1. The van der Waals surface area contributed by atoms with Crippen molar-refractivity contribution in [1.82, 2.24) is 14.8 Å². The Labute approximate surface area is 216 Å². The van der Waals surface area contributed by atoms with Crippen molar-refractivity contribution in [3.8, 4) is 28.7 Å². The van der Waals surface area contributed by atoms with E-state index in [0.29, 0.717) is 46.5 Å². The van der Waals surface area contributed by atoms with Crippen molar-refractivity contribution in [3.63, 3.8) is 0 Å². The molecule has 1 aliphatic heterocycles. The van der Waals surface area contributed by atoms with E-state index in [1.54, 1.807) is 0 Å². The molecule has 13 nitrogen and oxygen atoms in total. The number of hydrogen-bond acceptors (Lipinski definition) is 11. The summed E-state index contributed by atoms with van der Waals surface area (Å²) in [4.78, 5) is 29.0. The van der Waals surface area contributed by atoms with Crippen LogP contribution in [0.3, 0.4) is 0 Å². The lowest BCUT2D eigenvalue weighted by molar-refractivity contribution is -0.386. The van der Waals surface area contributed by atoms with Gasteiger partial charge in [0.15, 0.2) is 23.0 Å². The molecule has 0 fully saturated rings. The average Bonchev–Trinajstić information content (AvgIpc) is 3.39. The number of benzene rings is 2. The molecule has 2 atom stereocenters. The van der Waals surface area contributed by atoms with Gasteiger partial charge in [0.05, 0.1) is 33.4 Å². The standard InChI is InChI=1S/C25H25N5O8/c1-35-18-10-14(6-16(23(18)32)30(33)34)22-21-15(28-25-26-11-27-29(22)25)5-12(7-17(21)31)13-8-19(36-2)24(38-4)20(9-13)37-3/h6,8-12,22,32H,5,7H2,1-4H3,(H,26,27,28)/t12-,22-/m0/s1. The Balaban J connectivity index is 1.62. The van der Waals surface area contributed by atoms with E-state index in [1.807, 2.05) is 12.1 Å². The van der Waals surface area contributed by atoms with E-state index in [9.17, 15) is 20.0 Å². The molecule has 1 aliphatic carbocycles. The molecule has 0 spiro atoms. The Bertz CT molecular complexity index is 1460. The van der Waals surface area contributed by atoms with Crippen LogP contribution in [0.15, 0.2) is 41.9 Å². The molecule has 0 saturated heterocycles. The van der Waals surface area contributed by atoms with Gasteiger partial charge in [-0.1, -0.05) is 0 Å². The number of aromatic hydroxyl groups is 1. The van der Waals surface area contributed by atoms with Crippen LogP contribution in [0.1, 0.15) is 35.9 Å². The number of methoxy groups -OCH3 is 4. The summed E-state index contributed by atoms with van der Waals surface area (Å²) in [6, 6.07) is 5.52. The fraction of sp³-hybridized carbons (Fsp3) is 0.320. The van der Waals surface area contributed by atoms with Gasteiger partial charge in [-0.2, -0.15) is 10.1 Å². The van der Waals surface area contributed by atoms with Gasteiger partial charge in [0.25, 0.3) is 0 Å². The first-order chi connectivity index (χ1) is 18.3. The highest BCUT2D eigenvalue weighted by molar-refractivity contribution is 6.00. The number of allylic oxidation sites excluding steroid dienone is 2. The predicted octanol–water partition coefficient (Wildman–Crippen LogP) is 3.34.